The second-order valence-corrected chi connectivity index (χ2v) is 4.24. The largest absolute Gasteiger partial charge is 0.399 e. The Morgan fingerprint density at radius 2 is 1.75 bits per heavy atom. The molecule has 2 aromatic carbocycles. The number of rotatable bonds is 3. The summed E-state index contributed by atoms with van der Waals surface area (Å²) in [6.07, 6.45) is 0. The summed E-state index contributed by atoms with van der Waals surface area (Å²) in [6.45, 7) is 0.419. The maximum absolute atomic E-state index is 11.7. The molecule has 0 heterocycles. The summed E-state index contributed by atoms with van der Waals surface area (Å²) in [7, 11) is 0. The Labute approximate surface area is 117 Å². The number of nitriles is 1. The van der Waals surface area contributed by atoms with Crippen LogP contribution in [0.3, 0.4) is 0 Å². The zero-order chi connectivity index (χ0) is 14.4. The molecule has 5 heteroatoms. The Kier molecular flexibility index (Phi) is 4.20. The van der Waals surface area contributed by atoms with Crippen LogP contribution in [0.25, 0.3) is 0 Å². The van der Waals surface area contributed by atoms with Crippen molar-refractivity contribution >= 4 is 17.4 Å². The molecule has 0 unspecified atom stereocenters. The summed E-state index contributed by atoms with van der Waals surface area (Å²) < 4.78 is 0. The number of nitrogen functional groups attached to an aromatic ring is 1. The van der Waals surface area contributed by atoms with Crippen LogP contribution in [0.2, 0.25) is 0 Å². The van der Waals surface area contributed by atoms with Crippen LogP contribution in [0.4, 0.5) is 16.2 Å². The van der Waals surface area contributed by atoms with Gasteiger partial charge in [0.2, 0.25) is 0 Å². The van der Waals surface area contributed by atoms with Crippen LogP contribution in [-0.4, -0.2) is 6.03 Å². The zero-order valence-corrected chi connectivity index (χ0v) is 10.8. The number of nitrogens with two attached hydrogens (primary N) is 1. The maximum Gasteiger partial charge on any atom is 0.319 e. The number of anilines is 2. The van der Waals surface area contributed by atoms with Gasteiger partial charge in [0.15, 0.2) is 0 Å². The molecule has 5 nitrogen and oxygen atoms in total. The number of benzene rings is 2. The van der Waals surface area contributed by atoms with Crippen molar-refractivity contribution in [3.8, 4) is 6.07 Å². The fourth-order valence-electron chi connectivity index (χ4n) is 1.62. The standard InChI is InChI=1S/C15H14N4O/c16-9-11-3-7-14(8-4-11)19-15(20)18-10-12-1-5-13(17)6-2-12/h1-8H,10,17H2,(H2,18,19,20). The number of nitrogens with zero attached hydrogens (tertiary/aromatic N) is 1. The molecule has 20 heavy (non-hydrogen) atoms. The fourth-order valence-corrected chi connectivity index (χ4v) is 1.62. The van der Waals surface area contributed by atoms with Gasteiger partial charge in [-0.2, -0.15) is 5.26 Å². The van der Waals surface area contributed by atoms with E-state index in [0.29, 0.717) is 23.5 Å². The second kappa shape index (κ2) is 6.25. The van der Waals surface area contributed by atoms with Crippen molar-refractivity contribution in [2.75, 3.05) is 11.1 Å². The molecule has 0 aliphatic carbocycles. The monoisotopic (exact) mass is 266 g/mol. The molecule has 0 aromatic heterocycles. The van der Waals surface area contributed by atoms with Crippen molar-refractivity contribution in [2.24, 2.45) is 0 Å². The highest BCUT2D eigenvalue weighted by Crippen LogP contribution is 2.09. The summed E-state index contributed by atoms with van der Waals surface area (Å²) in [6, 6.07) is 15.7. The second-order valence-electron chi connectivity index (χ2n) is 4.24. The molecule has 100 valence electrons. The first-order chi connectivity index (χ1) is 9.67. The SMILES string of the molecule is N#Cc1ccc(NC(=O)NCc2ccc(N)cc2)cc1. The highest BCUT2D eigenvalue weighted by atomic mass is 16.2. The lowest BCUT2D eigenvalue weighted by molar-refractivity contribution is 0.251. The van der Waals surface area contributed by atoms with Crippen molar-refractivity contribution in [3.05, 3.63) is 59.7 Å². The van der Waals surface area contributed by atoms with Gasteiger partial charge in [-0.1, -0.05) is 12.1 Å². The lowest BCUT2D eigenvalue weighted by atomic mass is 10.2. The molecular weight excluding hydrogens is 252 g/mol. The third-order valence-electron chi connectivity index (χ3n) is 2.70. The highest BCUT2D eigenvalue weighted by molar-refractivity contribution is 5.89. The van der Waals surface area contributed by atoms with Gasteiger partial charge in [0.25, 0.3) is 0 Å². The number of hydrogen-bond donors (Lipinski definition) is 3. The predicted octanol–water partition coefficient (Wildman–Crippen LogP) is 2.46. The quantitative estimate of drug-likeness (QED) is 0.745. The number of amides is 2. The van der Waals surface area contributed by atoms with Gasteiger partial charge in [-0.3, -0.25) is 0 Å². The van der Waals surface area contributed by atoms with Gasteiger partial charge in [-0.25, -0.2) is 4.79 Å². The lowest BCUT2D eigenvalue weighted by Gasteiger charge is -2.08. The van der Waals surface area contributed by atoms with Crippen molar-refractivity contribution < 1.29 is 4.79 Å². The number of carbonyl (C=O) groups excluding carboxylic acids is 1. The van der Waals surface area contributed by atoms with Gasteiger partial charge < -0.3 is 16.4 Å². The minimum absolute atomic E-state index is 0.300. The van der Waals surface area contributed by atoms with Gasteiger partial charge >= 0.3 is 6.03 Å². The number of hydrogen-bond acceptors (Lipinski definition) is 3. The first-order valence-electron chi connectivity index (χ1n) is 6.07. The number of urea groups is 1. The summed E-state index contributed by atoms with van der Waals surface area (Å²) in [5.74, 6) is 0. The average molecular weight is 266 g/mol. The van der Waals surface area contributed by atoms with Gasteiger partial charge in [0, 0.05) is 17.9 Å². The number of nitrogens with one attached hydrogen (secondary N) is 2. The molecule has 0 atom stereocenters. The Balaban J connectivity index is 1.86. The van der Waals surface area contributed by atoms with E-state index in [4.69, 9.17) is 11.0 Å². The molecule has 0 fully saturated rings. The molecular formula is C15H14N4O. The van der Waals surface area contributed by atoms with Crippen molar-refractivity contribution in [3.63, 3.8) is 0 Å². The summed E-state index contributed by atoms with van der Waals surface area (Å²) in [5.41, 5.74) is 8.43. The Morgan fingerprint density at radius 1 is 1.10 bits per heavy atom. The maximum atomic E-state index is 11.7. The molecule has 2 aromatic rings. The zero-order valence-electron chi connectivity index (χ0n) is 10.8. The fraction of sp³-hybridized carbons (Fsp3) is 0.0667. The molecule has 2 amide bonds. The Bertz CT molecular complexity index is 626. The van der Waals surface area contributed by atoms with Gasteiger partial charge in [0.1, 0.15) is 0 Å². The van der Waals surface area contributed by atoms with E-state index < -0.39 is 0 Å². The average Bonchev–Trinajstić information content (AvgIpc) is 2.47. The van der Waals surface area contributed by atoms with E-state index in [1.54, 1.807) is 36.4 Å². The van der Waals surface area contributed by atoms with Crippen molar-refractivity contribution in [1.29, 1.82) is 5.26 Å². The molecule has 0 radical (unpaired) electrons. The van der Waals surface area contributed by atoms with Crippen LogP contribution in [0, 0.1) is 11.3 Å². The minimum atomic E-state index is -0.300. The number of carbonyl (C=O) groups is 1. The van der Waals surface area contributed by atoms with E-state index in [0.717, 1.165) is 5.56 Å². The molecule has 0 aliphatic heterocycles. The minimum Gasteiger partial charge on any atom is -0.399 e. The molecule has 2 rings (SSSR count). The molecule has 0 saturated carbocycles. The van der Waals surface area contributed by atoms with E-state index in [2.05, 4.69) is 10.6 Å². The Hall–Kier alpha value is -3.00. The van der Waals surface area contributed by atoms with Crippen LogP contribution in [-0.2, 0) is 6.54 Å². The van der Waals surface area contributed by atoms with Gasteiger partial charge in [-0.05, 0) is 42.0 Å². The topological polar surface area (TPSA) is 90.9 Å². The third kappa shape index (κ3) is 3.75. The summed E-state index contributed by atoms with van der Waals surface area (Å²) in [5, 5.41) is 14.1. The van der Waals surface area contributed by atoms with Crippen LogP contribution >= 0.6 is 0 Å². The molecule has 0 aliphatic rings. The van der Waals surface area contributed by atoms with Crippen molar-refractivity contribution in [2.45, 2.75) is 6.54 Å². The Morgan fingerprint density at radius 3 is 2.35 bits per heavy atom. The lowest BCUT2D eigenvalue weighted by Crippen LogP contribution is -2.28. The molecule has 4 N–H and O–H groups in total. The molecule has 0 bridgehead atoms. The highest BCUT2D eigenvalue weighted by Gasteiger charge is 2.01. The first-order valence-corrected chi connectivity index (χ1v) is 6.07. The van der Waals surface area contributed by atoms with Crippen molar-refractivity contribution in [1.82, 2.24) is 5.32 Å². The smallest absolute Gasteiger partial charge is 0.319 e. The summed E-state index contributed by atoms with van der Waals surface area (Å²) in [4.78, 5) is 11.7. The van der Waals surface area contributed by atoms with Gasteiger partial charge in [0.05, 0.1) is 11.6 Å². The van der Waals surface area contributed by atoms with E-state index in [-0.39, 0.29) is 6.03 Å². The van der Waals surface area contributed by atoms with E-state index >= 15 is 0 Å². The predicted molar refractivity (Wildman–Crippen MR) is 77.9 cm³/mol. The van der Waals surface area contributed by atoms with Crippen LogP contribution in [0.1, 0.15) is 11.1 Å². The molecule has 0 spiro atoms. The summed E-state index contributed by atoms with van der Waals surface area (Å²) >= 11 is 0. The first kappa shape index (κ1) is 13.4. The van der Waals surface area contributed by atoms with E-state index in [1.165, 1.54) is 0 Å². The normalized spacial score (nSPS) is 9.55. The molecule has 0 saturated heterocycles. The van der Waals surface area contributed by atoms with E-state index in [9.17, 15) is 4.79 Å². The van der Waals surface area contributed by atoms with Crippen LogP contribution in [0.5, 0.6) is 0 Å². The third-order valence-corrected chi connectivity index (χ3v) is 2.70. The van der Waals surface area contributed by atoms with Gasteiger partial charge in [-0.15, -0.1) is 0 Å². The van der Waals surface area contributed by atoms with Crippen LogP contribution < -0.4 is 16.4 Å². The van der Waals surface area contributed by atoms with Crippen LogP contribution in [0.15, 0.2) is 48.5 Å². The van der Waals surface area contributed by atoms with E-state index in [1.807, 2.05) is 18.2 Å².